The molecular formula is C22H18N2O3S2. The van der Waals surface area contributed by atoms with Gasteiger partial charge >= 0.3 is 0 Å². The van der Waals surface area contributed by atoms with Gasteiger partial charge in [0.05, 0.1) is 22.8 Å². The molecule has 2 aromatic carbocycles. The molecule has 0 bridgehead atoms. The molecule has 3 heterocycles. The van der Waals surface area contributed by atoms with Crippen molar-refractivity contribution >= 4 is 59.7 Å². The summed E-state index contributed by atoms with van der Waals surface area (Å²) in [5.74, 6) is -0.133. The van der Waals surface area contributed by atoms with Crippen LogP contribution in [0.4, 0.5) is 5.69 Å². The number of carbonyl (C=O) groups excluding carboxylic acids is 2. The van der Waals surface area contributed by atoms with Gasteiger partial charge in [0.25, 0.3) is 11.8 Å². The average molecular weight is 423 g/mol. The van der Waals surface area contributed by atoms with E-state index in [1.165, 1.54) is 21.4 Å². The van der Waals surface area contributed by atoms with Crippen LogP contribution in [-0.4, -0.2) is 43.0 Å². The van der Waals surface area contributed by atoms with E-state index < -0.39 is 0 Å². The van der Waals surface area contributed by atoms with Crippen LogP contribution in [-0.2, 0) is 4.74 Å². The van der Waals surface area contributed by atoms with Crippen LogP contribution < -0.4 is 5.32 Å². The van der Waals surface area contributed by atoms with Crippen LogP contribution in [0.2, 0.25) is 0 Å². The third-order valence-electron chi connectivity index (χ3n) is 4.96. The number of rotatable bonds is 3. The summed E-state index contributed by atoms with van der Waals surface area (Å²) in [6.07, 6.45) is 0. The maximum absolute atomic E-state index is 12.7. The summed E-state index contributed by atoms with van der Waals surface area (Å²) in [6.45, 7) is 2.38. The monoisotopic (exact) mass is 422 g/mol. The fraction of sp³-hybridized carbons (Fsp3) is 0.182. The molecule has 0 aliphatic carbocycles. The Balaban J connectivity index is 1.31. The van der Waals surface area contributed by atoms with Crippen molar-refractivity contribution in [3.8, 4) is 0 Å². The second-order valence-corrected chi connectivity index (χ2v) is 8.97. The summed E-state index contributed by atoms with van der Waals surface area (Å²) in [5.41, 5.74) is 1.29. The first kappa shape index (κ1) is 18.3. The molecule has 7 heteroatoms. The van der Waals surface area contributed by atoms with Crippen molar-refractivity contribution in [1.29, 1.82) is 0 Å². The van der Waals surface area contributed by atoms with Crippen molar-refractivity contribution in [2.45, 2.75) is 0 Å². The summed E-state index contributed by atoms with van der Waals surface area (Å²) in [5, 5.41) is 4.13. The average Bonchev–Trinajstić information content (AvgIpc) is 3.33. The minimum absolute atomic E-state index is 0.00320. The van der Waals surface area contributed by atoms with Gasteiger partial charge in [-0.3, -0.25) is 9.59 Å². The molecule has 2 aromatic heterocycles. The summed E-state index contributed by atoms with van der Waals surface area (Å²) in [7, 11) is 0. The third kappa shape index (κ3) is 3.53. The zero-order chi connectivity index (χ0) is 19.8. The number of hydrogen-bond acceptors (Lipinski definition) is 5. The summed E-state index contributed by atoms with van der Waals surface area (Å²) in [4.78, 5) is 27.7. The van der Waals surface area contributed by atoms with Crippen molar-refractivity contribution in [3.63, 3.8) is 0 Å². The van der Waals surface area contributed by atoms with Crippen LogP contribution in [0.25, 0.3) is 19.5 Å². The molecule has 4 aromatic rings. The van der Waals surface area contributed by atoms with E-state index in [9.17, 15) is 9.59 Å². The highest BCUT2D eigenvalue weighted by Gasteiger charge is 2.19. The largest absolute Gasteiger partial charge is 0.378 e. The van der Waals surface area contributed by atoms with Gasteiger partial charge in [-0.2, -0.15) is 0 Å². The summed E-state index contributed by atoms with van der Waals surface area (Å²) in [6, 6.07) is 17.3. The van der Waals surface area contributed by atoms with E-state index in [-0.39, 0.29) is 11.8 Å². The molecule has 1 aliphatic heterocycles. The number of amides is 2. The number of nitrogens with zero attached hydrogens (tertiary/aromatic N) is 1. The second kappa shape index (κ2) is 7.59. The fourth-order valence-electron chi connectivity index (χ4n) is 3.45. The number of hydrogen-bond donors (Lipinski definition) is 1. The predicted octanol–water partition coefficient (Wildman–Crippen LogP) is 4.84. The number of ether oxygens (including phenoxy) is 1. The van der Waals surface area contributed by atoms with Gasteiger partial charge < -0.3 is 15.0 Å². The quantitative estimate of drug-likeness (QED) is 0.514. The van der Waals surface area contributed by atoms with E-state index >= 15 is 0 Å². The van der Waals surface area contributed by atoms with Crippen molar-refractivity contribution in [3.05, 3.63) is 65.0 Å². The van der Waals surface area contributed by atoms with Crippen LogP contribution in [0.15, 0.2) is 54.6 Å². The van der Waals surface area contributed by atoms with Gasteiger partial charge in [0.15, 0.2) is 0 Å². The zero-order valence-corrected chi connectivity index (χ0v) is 17.1. The van der Waals surface area contributed by atoms with Crippen LogP contribution in [0.5, 0.6) is 0 Å². The zero-order valence-electron chi connectivity index (χ0n) is 15.5. The van der Waals surface area contributed by atoms with Gasteiger partial charge in [-0.15, -0.1) is 22.7 Å². The minimum atomic E-state index is -0.130. The highest BCUT2D eigenvalue weighted by atomic mass is 32.1. The van der Waals surface area contributed by atoms with Gasteiger partial charge in [-0.05, 0) is 36.4 Å². The molecule has 0 radical (unpaired) electrons. The lowest BCUT2D eigenvalue weighted by Crippen LogP contribution is -2.40. The van der Waals surface area contributed by atoms with Gasteiger partial charge in [0.2, 0.25) is 0 Å². The normalized spacial score (nSPS) is 14.4. The number of nitrogens with one attached hydrogen (secondary N) is 1. The van der Waals surface area contributed by atoms with Crippen molar-refractivity contribution in [1.82, 2.24) is 4.90 Å². The number of morpholine rings is 1. The minimum Gasteiger partial charge on any atom is -0.378 e. The number of thiophene rings is 2. The van der Waals surface area contributed by atoms with Crippen LogP contribution >= 0.6 is 22.7 Å². The highest BCUT2D eigenvalue weighted by molar-refractivity contribution is 7.33. The predicted molar refractivity (Wildman–Crippen MR) is 118 cm³/mol. The highest BCUT2D eigenvalue weighted by Crippen LogP contribution is 2.39. The SMILES string of the molecule is O=C(Nc1ccc(C(=O)N2CCOCC2)cc1)c1cc2sc3ccccc3c2s1. The van der Waals surface area contributed by atoms with Crippen LogP contribution in [0.1, 0.15) is 20.0 Å². The first-order valence-electron chi connectivity index (χ1n) is 9.38. The fourth-order valence-corrected chi connectivity index (χ4v) is 5.87. The number of carbonyl (C=O) groups is 2. The molecule has 0 unspecified atom stereocenters. The molecule has 5 rings (SSSR count). The maximum Gasteiger partial charge on any atom is 0.265 e. The van der Waals surface area contributed by atoms with E-state index in [4.69, 9.17) is 4.74 Å². The van der Waals surface area contributed by atoms with Crippen molar-refractivity contribution in [2.24, 2.45) is 0 Å². The Hall–Kier alpha value is -2.74. The van der Waals surface area contributed by atoms with E-state index in [1.807, 2.05) is 18.2 Å². The standard InChI is InChI=1S/C22H18N2O3S2/c25-21(19-13-18-20(29-19)16-3-1-2-4-17(16)28-18)23-15-7-5-14(6-8-15)22(26)24-9-11-27-12-10-24/h1-8,13H,9-12H2,(H,23,25). The summed E-state index contributed by atoms with van der Waals surface area (Å²) >= 11 is 3.22. The maximum atomic E-state index is 12.7. The lowest BCUT2D eigenvalue weighted by molar-refractivity contribution is 0.0303. The molecule has 0 saturated carbocycles. The molecule has 146 valence electrons. The van der Waals surface area contributed by atoms with Gasteiger partial charge in [-0.1, -0.05) is 18.2 Å². The molecular weight excluding hydrogens is 404 g/mol. The van der Waals surface area contributed by atoms with Crippen LogP contribution in [0, 0.1) is 0 Å². The first-order chi connectivity index (χ1) is 14.2. The number of anilines is 1. The molecule has 1 N–H and O–H groups in total. The molecule has 1 fully saturated rings. The lowest BCUT2D eigenvalue weighted by atomic mass is 10.1. The van der Waals surface area contributed by atoms with Gasteiger partial charge in [-0.25, -0.2) is 0 Å². The molecule has 29 heavy (non-hydrogen) atoms. The smallest absolute Gasteiger partial charge is 0.265 e. The Kier molecular flexibility index (Phi) is 4.79. The Morgan fingerprint density at radius 3 is 2.48 bits per heavy atom. The molecule has 0 atom stereocenters. The number of benzene rings is 2. The Morgan fingerprint density at radius 1 is 0.931 bits per heavy atom. The number of fused-ring (bicyclic) bond motifs is 3. The first-order valence-corrected chi connectivity index (χ1v) is 11.0. The molecule has 1 saturated heterocycles. The van der Waals surface area contributed by atoms with E-state index in [0.29, 0.717) is 42.4 Å². The van der Waals surface area contributed by atoms with E-state index in [1.54, 1.807) is 40.5 Å². The Bertz CT molecular complexity index is 1200. The van der Waals surface area contributed by atoms with Crippen molar-refractivity contribution < 1.29 is 14.3 Å². The molecule has 2 amide bonds. The Morgan fingerprint density at radius 2 is 1.69 bits per heavy atom. The topological polar surface area (TPSA) is 58.6 Å². The second-order valence-electron chi connectivity index (χ2n) is 6.84. The molecule has 1 aliphatic rings. The Labute approximate surface area is 175 Å². The summed E-state index contributed by atoms with van der Waals surface area (Å²) < 4.78 is 8.81. The van der Waals surface area contributed by atoms with E-state index in [0.717, 1.165) is 9.40 Å². The third-order valence-corrected chi connectivity index (χ3v) is 7.38. The van der Waals surface area contributed by atoms with Gasteiger partial charge in [0.1, 0.15) is 0 Å². The van der Waals surface area contributed by atoms with Crippen LogP contribution in [0.3, 0.4) is 0 Å². The lowest BCUT2D eigenvalue weighted by Gasteiger charge is -2.26. The van der Waals surface area contributed by atoms with Gasteiger partial charge in [0, 0.05) is 39.1 Å². The molecule has 5 nitrogen and oxygen atoms in total. The molecule has 0 spiro atoms. The van der Waals surface area contributed by atoms with E-state index in [2.05, 4.69) is 17.4 Å². The van der Waals surface area contributed by atoms with Crippen molar-refractivity contribution in [2.75, 3.05) is 31.6 Å².